The SMILES string of the molecule is COc1cc(C(=S)N2CCOCC2)cc(Cl)c1OCc1ccc([N+](=O)[O-])cc1. The molecule has 0 bridgehead atoms. The summed E-state index contributed by atoms with van der Waals surface area (Å²) in [5.41, 5.74) is 1.58. The van der Waals surface area contributed by atoms with Gasteiger partial charge in [0.15, 0.2) is 11.5 Å². The molecule has 0 amide bonds. The fourth-order valence-corrected chi connectivity index (χ4v) is 3.37. The molecule has 3 rings (SSSR count). The summed E-state index contributed by atoms with van der Waals surface area (Å²) in [7, 11) is 1.53. The summed E-state index contributed by atoms with van der Waals surface area (Å²) in [6, 6.07) is 9.70. The maximum absolute atomic E-state index is 10.7. The van der Waals surface area contributed by atoms with E-state index in [0.29, 0.717) is 34.7 Å². The molecule has 0 spiro atoms. The van der Waals surface area contributed by atoms with Crippen LogP contribution in [0.5, 0.6) is 11.5 Å². The summed E-state index contributed by atoms with van der Waals surface area (Å²) in [5.74, 6) is 0.871. The van der Waals surface area contributed by atoms with E-state index in [0.717, 1.165) is 24.2 Å². The molecular formula is C19H19ClN2O5S. The van der Waals surface area contributed by atoms with Gasteiger partial charge in [-0.3, -0.25) is 10.1 Å². The van der Waals surface area contributed by atoms with Gasteiger partial charge in [0, 0.05) is 30.8 Å². The standard InChI is InChI=1S/C19H19ClN2O5S/c1-25-17-11-14(19(28)21-6-8-26-9-7-21)10-16(20)18(17)27-12-13-2-4-15(5-3-13)22(23)24/h2-5,10-11H,6-9,12H2,1H3. The molecule has 2 aromatic rings. The summed E-state index contributed by atoms with van der Waals surface area (Å²) in [6.45, 7) is 2.94. The highest BCUT2D eigenvalue weighted by Gasteiger charge is 2.19. The zero-order chi connectivity index (χ0) is 20.1. The number of benzene rings is 2. The molecule has 0 saturated carbocycles. The van der Waals surface area contributed by atoms with Gasteiger partial charge in [0.05, 0.1) is 30.3 Å². The first-order valence-electron chi connectivity index (χ1n) is 8.60. The maximum atomic E-state index is 10.7. The van der Waals surface area contributed by atoms with Crippen LogP contribution in [0.1, 0.15) is 11.1 Å². The van der Waals surface area contributed by atoms with Crippen molar-refractivity contribution >= 4 is 34.5 Å². The molecule has 0 N–H and O–H groups in total. The number of thiocarbonyl (C=S) groups is 1. The van der Waals surface area contributed by atoms with Crippen molar-refractivity contribution in [3.63, 3.8) is 0 Å². The zero-order valence-corrected chi connectivity index (χ0v) is 16.8. The quantitative estimate of drug-likeness (QED) is 0.397. The molecule has 7 nitrogen and oxygen atoms in total. The summed E-state index contributed by atoms with van der Waals surface area (Å²) < 4.78 is 16.6. The van der Waals surface area contributed by atoms with Gasteiger partial charge in [0.25, 0.3) is 5.69 Å². The Kier molecular flexibility index (Phi) is 6.66. The molecule has 1 aliphatic heterocycles. The van der Waals surface area contributed by atoms with Gasteiger partial charge in [-0.05, 0) is 29.8 Å². The first kappa shape index (κ1) is 20.3. The summed E-state index contributed by atoms with van der Waals surface area (Å²) >= 11 is 12.0. The van der Waals surface area contributed by atoms with Gasteiger partial charge in [-0.2, -0.15) is 0 Å². The number of hydrogen-bond acceptors (Lipinski definition) is 6. The molecule has 1 heterocycles. The lowest BCUT2D eigenvalue weighted by molar-refractivity contribution is -0.384. The Labute approximate surface area is 172 Å². The Morgan fingerprint density at radius 3 is 2.57 bits per heavy atom. The molecule has 9 heteroatoms. The van der Waals surface area contributed by atoms with Crippen molar-refractivity contribution in [1.29, 1.82) is 0 Å². The number of morpholine rings is 1. The van der Waals surface area contributed by atoms with Crippen molar-refractivity contribution in [2.24, 2.45) is 0 Å². The number of rotatable bonds is 6. The molecule has 2 aromatic carbocycles. The topological polar surface area (TPSA) is 74.1 Å². The number of nitro groups is 1. The number of nitrogens with zero attached hydrogens (tertiary/aromatic N) is 2. The van der Waals surface area contributed by atoms with Crippen molar-refractivity contribution in [2.45, 2.75) is 6.61 Å². The van der Waals surface area contributed by atoms with Gasteiger partial charge >= 0.3 is 0 Å². The van der Waals surface area contributed by atoms with Crippen molar-refractivity contribution in [3.05, 3.63) is 62.7 Å². The van der Waals surface area contributed by atoms with E-state index in [1.165, 1.54) is 19.2 Å². The Hall–Kier alpha value is -2.42. The lowest BCUT2D eigenvalue weighted by atomic mass is 10.1. The van der Waals surface area contributed by atoms with Crippen LogP contribution in [0.2, 0.25) is 5.02 Å². The molecule has 0 unspecified atom stereocenters. The molecule has 148 valence electrons. The van der Waals surface area contributed by atoms with E-state index in [-0.39, 0.29) is 12.3 Å². The van der Waals surface area contributed by atoms with Crippen LogP contribution < -0.4 is 9.47 Å². The fraction of sp³-hybridized carbons (Fsp3) is 0.316. The van der Waals surface area contributed by atoms with Crippen LogP contribution in [0.3, 0.4) is 0 Å². The van der Waals surface area contributed by atoms with E-state index < -0.39 is 4.92 Å². The molecule has 1 aliphatic rings. The predicted octanol–water partition coefficient (Wildman–Crippen LogP) is 3.84. The number of hydrogen-bond donors (Lipinski definition) is 0. The van der Waals surface area contributed by atoms with E-state index in [2.05, 4.69) is 4.90 Å². The van der Waals surface area contributed by atoms with Gasteiger partial charge < -0.3 is 19.1 Å². The lowest BCUT2D eigenvalue weighted by Gasteiger charge is -2.29. The van der Waals surface area contributed by atoms with Crippen LogP contribution >= 0.6 is 23.8 Å². The first-order valence-corrected chi connectivity index (χ1v) is 9.39. The van der Waals surface area contributed by atoms with Crippen LogP contribution in [0.15, 0.2) is 36.4 Å². The fourth-order valence-electron chi connectivity index (χ4n) is 2.80. The minimum absolute atomic E-state index is 0.0281. The minimum atomic E-state index is -0.444. The van der Waals surface area contributed by atoms with E-state index in [4.69, 9.17) is 38.0 Å². The number of nitro benzene ring substituents is 1. The summed E-state index contributed by atoms with van der Waals surface area (Å²) in [5, 5.41) is 11.1. The molecule has 28 heavy (non-hydrogen) atoms. The van der Waals surface area contributed by atoms with Crippen LogP contribution in [0, 0.1) is 10.1 Å². The van der Waals surface area contributed by atoms with Crippen LogP contribution in [0.4, 0.5) is 5.69 Å². The van der Waals surface area contributed by atoms with Crippen molar-refractivity contribution in [3.8, 4) is 11.5 Å². The second-order valence-corrected chi connectivity index (χ2v) is 6.90. The third-order valence-corrected chi connectivity index (χ3v) is 5.08. The average molecular weight is 423 g/mol. The van der Waals surface area contributed by atoms with Gasteiger partial charge in [0.1, 0.15) is 11.6 Å². The first-order chi connectivity index (χ1) is 13.5. The second-order valence-electron chi connectivity index (χ2n) is 6.11. The highest BCUT2D eigenvalue weighted by Crippen LogP contribution is 2.37. The Balaban J connectivity index is 1.75. The van der Waals surface area contributed by atoms with E-state index in [1.807, 2.05) is 0 Å². The minimum Gasteiger partial charge on any atom is -0.493 e. The van der Waals surface area contributed by atoms with Crippen LogP contribution in [0.25, 0.3) is 0 Å². The molecule has 1 saturated heterocycles. The highest BCUT2D eigenvalue weighted by molar-refractivity contribution is 7.80. The molecule has 0 radical (unpaired) electrons. The number of non-ortho nitro benzene ring substituents is 1. The Morgan fingerprint density at radius 1 is 1.29 bits per heavy atom. The normalized spacial score (nSPS) is 13.9. The van der Waals surface area contributed by atoms with Gasteiger partial charge in [-0.1, -0.05) is 23.8 Å². The Morgan fingerprint density at radius 2 is 1.96 bits per heavy atom. The molecule has 0 atom stereocenters. The number of methoxy groups -OCH3 is 1. The van der Waals surface area contributed by atoms with Crippen molar-refractivity contribution in [2.75, 3.05) is 33.4 Å². The predicted molar refractivity (Wildman–Crippen MR) is 110 cm³/mol. The number of halogens is 1. The monoisotopic (exact) mass is 422 g/mol. The van der Waals surface area contributed by atoms with Crippen LogP contribution in [-0.4, -0.2) is 48.2 Å². The van der Waals surface area contributed by atoms with Gasteiger partial charge in [-0.15, -0.1) is 0 Å². The molecular weight excluding hydrogens is 404 g/mol. The Bertz CT molecular complexity index is 869. The third kappa shape index (κ3) is 4.70. The van der Waals surface area contributed by atoms with E-state index >= 15 is 0 Å². The third-order valence-electron chi connectivity index (χ3n) is 4.31. The smallest absolute Gasteiger partial charge is 0.269 e. The molecule has 0 aromatic heterocycles. The maximum Gasteiger partial charge on any atom is 0.269 e. The number of ether oxygens (including phenoxy) is 3. The average Bonchev–Trinajstić information content (AvgIpc) is 2.72. The van der Waals surface area contributed by atoms with E-state index in [9.17, 15) is 10.1 Å². The molecule has 1 fully saturated rings. The van der Waals surface area contributed by atoms with Gasteiger partial charge in [-0.25, -0.2) is 0 Å². The summed E-state index contributed by atoms with van der Waals surface area (Å²) in [6.07, 6.45) is 0. The molecule has 0 aliphatic carbocycles. The lowest BCUT2D eigenvalue weighted by Crippen LogP contribution is -2.40. The van der Waals surface area contributed by atoms with Gasteiger partial charge in [0.2, 0.25) is 0 Å². The second kappa shape index (κ2) is 9.18. The van der Waals surface area contributed by atoms with Crippen LogP contribution in [-0.2, 0) is 11.3 Å². The van der Waals surface area contributed by atoms with Crippen molar-refractivity contribution in [1.82, 2.24) is 4.90 Å². The highest BCUT2D eigenvalue weighted by atomic mass is 35.5. The largest absolute Gasteiger partial charge is 0.493 e. The van der Waals surface area contributed by atoms with E-state index in [1.54, 1.807) is 24.3 Å². The summed E-state index contributed by atoms with van der Waals surface area (Å²) in [4.78, 5) is 13.1. The van der Waals surface area contributed by atoms with Crippen molar-refractivity contribution < 1.29 is 19.1 Å². The zero-order valence-electron chi connectivity index (χ0n) is 15.2.